The molecule has 0 aliphatic carbocycles. The van der Waals surface area contributed by atoms with E-state index in [1.54, 1.807) is 6.92 Å². The van der Waals surface area contributed by atoms with Crippen molar-refractivity contribution in [2.24, 2.45) is 0 Å². The van der Waals surface area contributed by atoms with Gasteiger partial charge in [0.15, 0.2) is 5.78 Å². The van der Waals surface area contributed by atoms with Gasteiger partial charge in [-0.05, 0) is 13.3 Å². The fraction of sp³-hybridized carbons (Fsp3) is 0.381. The maximum Gasteiger partial charge on any atom is 0.193 e. The second kappa shape index (κ2) is 11.5. The lowest BCUT2D eigenvalue weighted by Crippen LogP contribution is -2.21. The zero-order chi connectivity index (χ0) is 17.8. The number of carbonyl (C=O) groups excluding carboxylic acids is 1. The molecule has 2 unspecified atom stereocenters. The van der Waals surface area contributed by atoms with Crippen molar-refractivity contribution < 1.29 is 15.0 Å². The van der Waals surface area contributed by atoms with Crippen LogP contribution in [0.15, 0.2) is 60.7 Å². The van der Waals surface area contributed by atoms with Gasteiger partial charge >= 0.3 is 0 Å². The first-order valence-electron chi connectivity index (χ1n) is 8.57. The van der Waals surface area contributed by atoms with E-state index in [-0.39, 0.29) is 5.78 Å². The summed E-state index contributed by atoms with van der Waals surface area (Å²) in [6, 6.07) is 18.6. The van der Waals surface area contributed by atoms with Gasteiger partial charge in [0.1, 0.15) is 0 Å². The minimum Gasteiger partial charge on any atom is -0.391 e. The number of hydrogen-bond donors (Lipinski definition) is 2. The highest BCUT2D eigenvalue weighted by atomic mass is 16.3. The van der Waals surface area contributed by atoms with E-state index in [1.165, 1.54) is 0 Å². The van der Waals surface area contributed by atoms with Gasteiger partial charge in [0, 0.05) is 11.1 Å². The molecule has 2 N–H and O–H groups in total. The number of aliphatic hydroxyl groups is 2. The Balaban J connectivity index is 0.000000257. The maximum absolute atomic E-state index is 11.8. The third kappa shape index (κ3) is 7.53. The van der Waals surface area contributed by atoms with E-state index in [9.17, 15) is 4.79 Å². The van der Waals surface area contributed by atoms with Gasteiger partial charge in [-0.25, -0.2) is 0 Å². The Hall–Kier alpha value is -1.97. The van der Waals surface area contributed by atoms with E-state index in [4.69, 9.17) is 10.2 Å². The normalized spacial score (nSPS) is 12.7. The number of hydrogen-bond acceptors (Lipinski definition) is 3. The number of ketones is 1. The second-order valence-electron chi connectivity index (χ2n) is 5.86. The Morgan fingerprint density at radius 2 is 1.33 bits per heavy atom. The van der Waals surface area contributed by atoms with Crippen LogP contribution in [0.5, 0.6) is 0 Å². The van der Waals surface area contributed by atoms with Crippen LogP contribution in [0, 0.1) is 0 Å². The molecule has 0 heterocycles. The average Bonchev–Trinajstić information content (AvgIpc) is 2.63. The Morgan fingerprint density at radius 3 is 1.71 bits per heavy atom. The minimum atomic E-state index is -0.572. The lowest BCUT2D eigenvalue weighted by Gasteiger charge is -2.12. The Kier molecular flexibility index (Phi) is 9.66. The van der Waals surface area contributed by atoms with Crippen molar-refractivity contribution in [1.82, 2.24) is 0 Å². The summed E-state index contributed by atoms with van der Waals surface area (Å²) in [5.41, 5.74) is 1.47. The molecule has 2 aromatic carbocycles. The van der Waals surface area contributed by atoms with Gasteiger partial charge in [-0.15, -0.1) is 0 Å². The van der Waals surface area contributed by atoms with Gasteiger partial charge in [0.2, 0.25) is 0 Å². The predicted molar refractivity (Wildman–Crippen MR) is 98.1 cm³/mol. The third-order valence-corrected chi connectivity index (χ3v) is 3.73. The van der Waals surface area contributed by atoms with Gasteiger partial charge in [-0.2, -0.15) is 0 Å². The minimum absolute atomic E-state index is 0.0752. The molecule has 0 saturated carbocycles. The van der Waals surface area contributed by atoms with Crippen LogP contribution in [0.1, 0.15) is 55.5 Å². The number of aliphatic hydroxyl groups excluding tert-OH is 2. The van der Waals surface area contributed by atoms with Crippen LogP contribution in [0.2, 0.25) is 0 Å². The van der Waals surface area contributed by atoms with Crippen molar-refractivity contribution in [2.75, 3.05) is 0 Å². The van der Waals surface area contributed by atoms with E-state index in [1.807, 2.05) is 60.7 Å². The number of rotatable bonds is 7. The Bertz CT molecular complexity index is 523. The summed E-state index contributed by atoms with van der Waals surface area (Å²) in [5.74, 6) is 0.0752. The monoisotopic (exact) mass is 328 g/mol. The summed E-state index contributed by atoms with van der Waals surface area (Å²) in [7, 11) is 0. The van der Waals surface area contributed by atoms with Crippen molar-refractivity contribution in [3.63, 3.8) is 0 Å². The summed E-state index contributed by atoms with van der Waals surface area (Å²) in [6.45, 7) is 3.74. The van der Waals surface area contributed by atoms with Crippen molar-refractivity contribution >= 4 is 5.78 Å². The van der Waals surface area contributed by atoms with Crippen LogP contribution < -0.4 is 0 Å². The first kappa shape index (κ1) is 20.1. The summed E-state index contributed by atoms with van der Waals surface area (Å²) < 4.78 is 0. The lowest BCUT2D eigenvalue weighted by atomic mass is 10.0. The van der Waals surface area contributed by atoms with Gasteiger partial charge in [-0.3, -0.25) is 4.79 Å². The zero-order valence-corrected chi connectivity index (χ0v) is 14.6. The molecule has 3 heteroatoms. The summed E-state index contributed by atoms with van der Waals surface area (Å²) in [4.78, 5) is 11.8. The molecule has 0 spiro atoms. The Morgan fingerprint density at radius 1 is 0.875 bits per heavy atom. The van der Waals surface area contributed by atoms with Crippen LogP contribution >= 0.6 is 0 Å². The van der Waals surface area contributed by atoms with Gasteiger partial charge in [0.05, 0.1) is 12.2 Å². The molecule has 0 radical (unpaired) electrons. The van der Waals surface area contributed by atoms with E-state index >= 15 is 0 Å². The average molecular weight is 328 g/mol. The molecule has 130 valence electrons. The molecule has 24 heavy (non-hydrogen) atoms. The molecule has 0 saturated heterocycles. The summed E-state index contributed by atoms with van der Waals surface area (Å²) in [5, 5.41) is 18.0. The van der Waals surface area contributed by atoms with Crippen molar-refractivity contribution in [2.45, 2.75) is 51.7 Å². The molecule has 0 fully saturated rings. The highest BCUT2D eigenvalue weighted by Gasteiger charge is 2.08. The van der Waals surface area contributed by atoms with Gasteiger partial charge < -0.3 is 10.2 Å². The first-order valence-corrected chi connectivity index (χ1v) is 8.57. The van der Waals surface area contributed by atoms with Gasteiger partial charge in [0.25, 0.3) is 0 Å². The first-order chi connectivity index (χ1) is 11.6. The molecule has 0 aromatic heterocycles. The smallest absolute Gasteiger partial charge is 0.193 e. The maximum atomic E-state index is 11.8. The number of benzene rings is 2. The highest BCUT2D eigenvalue weighted by molar-refractivity contribution is 6.08. The molecule has 0 aliphatic rings. The van der Waals surface area contributed by atoms with E-state index in [0.717, 1.165) is 36.8 Å². The summed E-state index contributed by atoms with van der Waals surface area (Å²) in [6.07, 6.45) is 2.95. The van der Waals surface area contributed by atoms with Crippen molar-refractivity contribution in [3.05, 3.63) is 71.8 Å². The number of unbranched alkanes of at least 4 members (excludes halogenated alkanes) is 2. The van der Waals surface area contributed by atoms with Crippen LogP contribution in [0.3, 0.4) is 0 Å². The van der Waals surface area contributed by atoms with Crippen LogP contribution in [-0.2, 0) is 0 Å². The van der Waals surface area contributed by atoms with Crippen molar-refractivity contribution in [3.8, 4) is 0 Å². The van der Waals surface area contributed by atoms with E-state index in [2.05, 4.69) is 6.92 Å². The molecule has 0 amide bonds. The highest BCUT2D eigenvalue weighted by Crippen LogP contribution is 2.08. The largest absolute Gasteiger partial charge is 0.391 e. The molecule has 2 aromatic rings. The quantitative estimate of drug-likeness (QED) is 0.591. The fourth-order valence-electron chi connectivity index (χ4n) is 2.19. The van der Waals surface area contributed by atoms with Crippen LogP contribution in [0.4, 0.5) is 0 Å². The molecule has 2 atom stereocenters. The van der Waals surface area contributed by atoms with E-state index in [0.29, 0.717) is 0 Å². The molecule has 2 rings (SSSR count). The zero-order valence-electron chi connectivity index (χ0n) is 14.6. The molecule has 3 nitrogen and oxygen atoms in total. The van der Waals surface area contributed by atoms with Gasteiger partial charge in [-0.1, -0.05) is 86.8 Å². The number of carbonyl (C=O) groups is 1. The Labute approximate surface area is 145 Å². The topological polar surface area (TPSA) is 57.5 Å². The fourth-order valence-corrected chi connectivity index (χ4v) is 2.19. The second-order valence-corrected chi connectivity index (χ2v) is 5.86. The molecular weight excluding hydrogens is 300 g/mol. The van der Waals surface area contributed by atoms with Crippen molar-refractivity contribution in [1.29, 1.82) is 0 Å². The molecule has 0 aliphatic heterocycles. The van der Waals surface area contributed by atoms with Crippen LogP contribution in [-0.4, -0.2) is 28.2 Å². The third-order valence-electron chi connectivity index (χ3n) is 3.73. The standard InChI is InChI=1S/C13H10O.C8H18O2/c14-13(11-7-3-1-4-8-11)12-9-5-2-6-10-12;1-3-4-5-6-8(10)7(2)9/h1-10H;7-10H,3-6H2,1-2H3. The molecular formula is C21H28O3. The predicted octanol–water partition coefficient (Wildman–Crippen LogP) is 4.23. The van der Waals surface area contributed by atoms with E-state index < -0.39 is 12.2 Å². The summed E-state index contributed by atoms with van der Waals surface area (Å²) >= 11 is 0. The lowest BCUT2D eigenvalue weighted by molar-refractivity contribution is 0.0247. The SMILES string of the molecule is CCCCCC(O)C(C)O.O=C(c1ccccc1)c1ccccc1. The van der Waals surface area contributed by atoms with Crippen LogP contribution in [0.25, 0.3) is 0 Å². The molecule has 0 bridgehead atoms.